The lowest BCUT2D eigenvalue weighted by molar-refractivity contribution is -0.205. The molecule has 12 rings (SSSR count). The molecule has 0 spiro atoms. The van der Waals surface area contributed by atoms with Crippen LogP contribution in [0, 0.1) is 5.92 Å². The third-order valence-electron chi connectivity index (χ3n) is 16.7. The van der Waals surface area contributed by atoms with Crippen molar-refractivity contribution in [3.8, 4) is 17.2 Å². The molecule has 1 aliphatic heterocycles. The van der Waals surface area contributed by atoms with Crippen molar-refractivity contribution < 1.29 is 76.0 Å². The number of nitrogens with one attached hydrogen (secondary N) is 3. The second kappa shape index (κ2) is 31.2. The maximum atomic E-state index is 15.4. The van der Waals surface area contributed by atoms with Gasteiger partial charge in [-0.05, 0) is 132 Å². The van der Waals surface area contributed by atoms with Crippen LogP contribution in [0.3, 0.4) is 0 Å². The Morgan fingerprint density at radius 2 is 0.901 bits per heavy atom. The Morgan fingerprint density at radius 1 is 0.515 bits per heavy atom. The second-order valence-corrected chi connectivity index (χ2v) is 24.7. The summed E-state index contributed by atoms with van der Waals surface area (Å²) in [6.45, 7) is 2.55. The molecule has 1 saturated heterocycles. The Balaban J connectivity index is 0.896. The molecule has 0 saturated carbocycles. The van der Waals surface area contributed by atoms with E-state index in [1.807, 2.05) is 0 Å². The van der Waals surface area contributed by atoms with Gasteiger partial charge in [0.05, 0.1) is 52.3 Å². The highest BCUT2D eigenvalue weighted by atomic mass is 31.2. The normalized spacial score (nSPS) is 16.1. The standard InChI is InChI=1S/C77H64N7O16P/c1-3-49(2)63(82-77(56-34-40-59(41-35-56)95-72(87)51-24-12-5-13-25-51,57-36-42-60(43-37-57)96-73(88)52-26-14-6-15-27-52)58-38-44-61(45-39-58)97-74(89)53-28-16-7-17-29-53)70(86)83-101(92,93)94-46-62-65(99-75(90)54-30-18-8-19-31-54)66(100-76(91)55-32-20-9-21-33-55)71(98-62)84-48-80-64-67(78-47-79-68(64)84)81-69(85)50-22-10-4-11-23-50/h4-45,47-49,62-63,65-66,71,82H,3,46H2,1-2H3,(H,78,79,81,85)(H2,83,86,92,93)/p-1/t49?,62-,63+,65-,66-,71-/m1/s1. The molecule has 11 aromatic rings. The van der Waals surface area contributed by atoms with E-state index in [2.05, 4.69) is 30.7 Å². The number of aromatic nitrogens is 4. The van der Waals surface area contributed by atoms with Crippen LogP contribution in [0.1, 0.15) is 105 Å². The first-order valence-electron chi connectivity index (χ1n) is 31.9. The lowest BCUT2D eigenvalue weighted by Crippen LogP contribution is -2.57. The number of carbonyl (C=O) groups is 7. The summed E-state index contributed by atoms with van der Waals surface area (Å²) in [5.41, 5.74) is 0.924. The molecule has 2 aromatic heterocycles. The molecule has 24 heteroatoms. The highest BCUT2D eigenvalue weighted by Gasteiger charge is 2.52. The largest absolute Gasteiger partial charge is 0.762 e. The van der Waals surface area contributed by atoms with Crippen molar-refractivity contribution in [3.63, 3.8) is 0 Å². The number of carbonyl (C=O) groups excluding carboxylic acids is 7. The average Bonchev–Trinajstić information content (AvgIpc) is 1.72. The first kappa shape index (κ1) is 68.8. The topological polar surface area (TPSA) is 304 Å². The monoisotopic (exact) mass is 1370 g/mol. The van der Waals surface area contributed by atoms with Crippen LogP contribution in [0.25, 0.3) is 11.2 Å². The van der Waals surface area contributed by atoms with Crippen molar-refractivity contribution in [3.05, 3.63) is 318 Å². The number of imidazole rings is 1. The molecule has 2 amide bonds. The third-order valence-corrected chi connectivity index (χ3v) is 17.7. The molecule has 3 N–H and O–H groups in total. The number of nitrogens with zero attached hydrogens (tertiary/aromatic N) is 4. The van der Waals surface area contributed by atoms with Gasteiger partial charge in [-0.3, -0.25) is 29.1 Å². The summed E-state index contributed by atoms with van der Waals surface area (Å²) < 4.78 is 58.3. The minimum atomic E-state index is -5.65. The Kier molecular flexibility index (Phi) is 21.2. The smallest absolute Gasteiger partial charge is 0.343 e. The van der Waals surface area contributed by atoms with Crippen LogP contribution in [-0.4, -0.2) is 92.1 Å². The number of rotatable bonds is 25. The zero-order valence-electron chi connectivity index (χ0n) is 54.0. The Hall–Kier alpha value is -12.1. The molecule has 7 atom stereocenters. The van der Waals surface area contributed by atoms with Crippen LogP contribution in [0.15, 0.2) is 267 Å². The van der Waals surface area contributed by atoms with E-state index in [1.54, 1.807) is 244 Å². The first-order chi connectivity index (χ1) is 49.0. The molecule has 1 fully saturated rings. The Morgan fingerprint density at radius 3 is 1.31 bits per heavy atom. The van der Waals surface area contributed by atoms with Gasteiger partial charge in [-0.1, -0.05) is 166 Å². The number of anilines is 1. The Labute approximate surface area is 578 Å². The number of benzene rings is 9. The number of hydrogen-bond donors (Lipinski definition) is 3. The van der Waals surface area contributed by atoms with Crippen molar-refractivity contribution in [1.29, 1.82) is 0 Å². The third kappa shape index (κ3) is 16.1. The fourth-order valence-electron chi connectivity index (χ4n) is 11.4. The molecule has 101 heavy (non-hydrogen) atoms. The predicted molar refractivity (Wildman–Crippen MR) is 366 cm³/mol. The molecule has 2 unspecified atom stereocenters. The quantitative estimate of drug-likeness (QED) is 0.0207. The number of ether oxygens (including phenoxy) is 6. The van der Waals surface area contributed by atoms with Gasteiger partial charge in [0.1, 0.15) is 29.7 Å². The van der Waals surface area contributed by atoms with Gasteiger partial charge in [0, 0.05) is 5.56 Å². The summed E-state index contributed by atoms with van der Waals surface area (Å²) >= 11 is 0. The SMILES string of the molecule is CCC(C)[C@H](NC(c1ccc(OC(=O)c2ccccc2)cc1)(c1ccc(OC(=O)c2ccccc2)cc1)c1ccc(OC(=O)c2ccccc2)cc1)C(=O)NP(=O)([O-])OC[C@H]1O[C@@H](n2cnc3c(NC(=O)c4ccccc4)ncnc32)[C@H](OC(=O)c2ccccc2)[C@@H]1OC(=O)c1ccccc1. The van der Waals surface area contributed by atoms with Crippen molar-refractivity contribution in [2.24, 2.45) is 5.92 Å². The highest BCUT2D eigenvalue weighted by molar-refractivity contribution is 7.49. The molecule has 0 radical (unpaired) electrons. The van der Waals surface area contributed by atoms with Crippen LogP contribution in [-0.2, 0) is 33.6 Å². The van der Waals surface area contributed by atoms with Crippen LogP contribution >= 0.6 is 7.75 Å². The van der Waals surface area contributed by atoms with Gasteiger partial charge < -0.3 is 43.2 Å². The van der Waals surface area contributed by atoms with E-state index in [0.717, 1.165) is 6.33 Å². The van der Waals surface area contributed by atoms with Gasteiger partial charge in [-0.15, -0.1) is 0 Å². The molecular weight excluding hydrogens is 1310 g/mol. The van der Waals surface area contributed by atoms with Gasteiger partial charge in [0.2, 0.25) is 13.7 Å². The molecule has 9 aromatic carbocycles. The number of fused-ring (bicyclic) bond motifs is 1. The molecule has 23 nitrogen and oxygen atoms in total. The maximum Gasteiger partial charge on any atom is 0.343 e. The average molecular weight is 1370 g/mol. The fourth-order valence-corrected chi connectivity index (χ4v) is 12.2. The molecular formula is C77H63N7O16P-. The van der Waals surface area contributed by atoms with Crippen molar-refractivity contribution >= 4 is 66.4 Å². The van der Waals surface area contributed by atoms with E-state index in [1.165, 1.54) is 35.2 Å². The van der Waals surface area contributed by atoms with E-state index in [9.17, 15) is 38.2 Å². The van der Waals surface area contributed by atoms with E-state index in [4.69, 9.17) is 32.9 Å². The zero-order chi connectivity index (χ0) is 70.5. The predicted octanol–water partition coefficient (Wildman–Crippen LogP) is 11.7. The van der Waals surface area contributed by atoms with Crippen LogP contribution in [0.2, 0.25) is 0 Å². The minimum absolute atomic E-state index is 0.00462. The summed E-state index contributed by atoms with van der Waals surface area (Å²) in [6.07, 6.45) is -3.73. The molecule has 3 heterocycles. The fraction of sp³-hybridized carbons (Fsp3) is 0.143. The number of esters is 5. The van der Waals surface area contributed by atoms with E-state index in [-0.39, 0.29) is 68.5 Å². The highest BCUT2D eigenvalue weighted by Crippen LogP contribution is 2.43. The number of amides is 2. The van der Waals surface area contributed by atoms with E-state index >= 15 is 4.79 Å². The first-order valence-corrected chi connectivity index (χ1v) is 33.5. The molecule has 0 aliphatic carbocycles. The molecule has 1 aliphatic rings. The van der Waals surface area contributed by atoms with Crippen molar-refractivity contribution in [2.45, 2.75) is 56.4 Å². The summed E-state index contributed by atoms with van der Waals surface area (Å²) in [7, 11) is -5.65. The summed E-state index contributed by atoms with van der Waals surface area (Å²) in [5, 5.41) is 8.45. The molecule has 508 valence electrons. The van der Waals surface area contributed by atoms with Crippen molar-refractivity contribution in [2.75, 3.05) is 11.9 Å². The lowest BCUT2D eigenvalue weighted by atomic mass is 9.75. The summed E-state index contributed by atoms with van der Waals surface area (Å²) in [5.74, 6) is -5.64. The minimum Gasteiger partial charge on any atom is -0.762 e. The summed E-state index contributed by atoms with van der Waals surface area (Å²) in [6, 6.07) is 66.9. The zero-order valence-corrected chi connectivity index (χ0v) is 54.9. The van der Waals surface area contributed by atoms with Gasteiger partial charge in [0.15, 0.2) is 35.4 Å². The van der Waals surface area contributed by atoms with Gasteiger partial charge in [0.25, 0.3) is 5.91 Å². The van der Waals surface area contributed by atoms with E-state index < -0.39 is 98.1 Å². The number of hydrogen-bond acceptors (Lipinski definition) is 20. The lowest BCUT2D eigenvalue weighted by Gasteiger charge is -2.42. The second-order valence-electron chi connectivity index (χ2n) is 23.3. The maximum absolute atomic E-state index is 15.4. The summed E-state index contributed by atoms with van der Waals surface area (Å²) in [4.78, 5) is 126. The van der Waals surface area contributed by atoms with Crippen molar-refractivity contribution in [1.82, 2.24) is 29.9 Å². The Bertz CT molecular complexity index is 4560. The van der Waals surface area contributed by atoms with Gasteiger partial charge in [-0.25, -0.2) is 38.9 Å². The van der Waals surface area contributed by atoms with Crippen LogP contribution < -0.4 is 34.8 Å². The molecule has 0 bridgehead atoms. The van der Waals surface area contributed by atoms with E-state index in [0.29, 0.717) is 22.3 Å². The van der Waals surface area contributed by atoms with Crippen LogP contribution in [0.4, 0.5) is 5.82 Å². The van der Waals surface area contributed by atoms with Gasteiger partial charge in [-0.2, -0.15) is 0 Å². The van der Waals surface area contributed by atoms with Gasteiger partial charge >= 0.3 is 29.8 Å². The van der Waals surface area contributed by atoms with Crippen LogP contribution in [0.5, 0.6) is 17.2 Å².